The maximum absolute atomic E-state index is 13.0. The fourth-order valence-corrected chi connectivity index (χ4v) is 10.2. The lowest BCUT2D eigenvalue weighted by Crippen LogP contribution is -2.55. The molecule has 4 aliphatic carbocycles. The molecule has 2 heterocycles. The fourth-order valence-electron chi connectivity index (χ4n) is 7.99. The monoisotopic (exact) mass is 450 g/mol. The van der Waals surface area contributed by atoms with Crippen LogP contribution in [-0.4, -0.2) is 46.9 Å². The number of carbonyl (C=O) groups excluding carboxylic acids is 2. The second-order valence-electron chi connectivity index (χ2n) is 11.2. The standard InChI is InChI=1S/C24H38N2O2S2/c27-21(25-19-1-5-29-6-2-19)14-23-10-17-9-18(11-23)13-24(12-17,16-23)15-22(28)26-20-3-7-30-8-4-20/h17-20H,1-16H2,(H,25,27)(H,26,28). The lowest BCUT2D eigenvalue weighted by Gasteiger charge is -2.62. The summed E-state index contributed by atoms with van der Waals surface area (Å²) in [6, 6.07) is 0.780. The van der Waals surface area contributed by atoms with E-state index in [1.807, 2.05) is 23.5 Å². The average molecular weight is 451 g/mol. The van der Waals surface area contributed by atoms with Crippen molar-refractivity contribution >= 4 is 35.3 Å². The van der Waals surface area contributed by atoms with Gasteiger partial charge in [-0.15, -0.1) is 0 Å². The predicted octanol–water partition coefficient (Wildman–Crippen LogP) is 4.38. The first-order valence-corrected chi connectivity index (χ1v) is 14.6. The van der Waals surface area contributed by atoms with Crippen molar-refractivity contribution in [3.05, 3.63) is 0 Å². The molecule has 168 valence electrons. The van der Waals surface area contributed by atoms with Crippen LogP contribution in [0.25, 0.3) is 0 Å². The van der Waals surface area contributed by atoms with Crippen molar-refractivity contribution in [1.82, 2.24) is 10.6 Å². The second kappa shape index (κ2) is 8.88. The van der Waals surface area contributed by atoms with Crippen LogP contribution in [0.3, 0.4) is 0 Å². The third-order valence-corrected chi connectivity index (χ3v) is 10.6. The molecule has 0 aromatic rings. The summed E-state index contributed by atoms with van der Waals surface area (Å²) in [4.78, 5) is 26.0. The van der Waals surface area contributed by atoms with Crippen LogP contribution in [0.15, 0.2) is 0 Å². The van der Waals surface area contributed by atoms with Crippen LogP contribution < -0.4 is 10.6 Å². The summed E-state index contributed by atoms with van der Waals surface area (Å²) in [5.41, 5.74) is 0.332. The van der Waals surface area contributed by atoms with Crippen LogP contribution in [0.2, 0.25) is 0 Å². The smallest absolute Gasteiger partial charge is 0.220 e. The summed E-state index contributed by atoms with van der Waals surface area (Å²) in [5, 5.41) is 6.74. The zero-order valence-electron chi connectivity index (χ0n) is 18.3. The van der Waals surface area contributed by atoms with Gasteiger partial charge in [0, 0.05) is 24.9 Å². The van der Waals surface area contributed by atoms with Crippen molar-refractivity contribution in [2.75, 3.05) is 23.0 Å². The van der Waals surface area contributed by atoms with Crippen molar-refractivity contribution in [2.24, 2.45) is 22.7 Å². The van der Waals surface area contributed by atoms with Crippen molar-refractivity contribution < 1.29 is 9.59 Å². The van der Waals surface area contributed by atoms with Gasteiger partial charge in [0.25, 0.3) is 0 Å². The first kappa shape index (κ1) is 21.5. The van der Waals surface area contributed by atoms with Crippen LogP contribution in [-0.2, 0) is 9.59 Å². The lowest BCUT2D eigenvalue weighted by atomic mass is 9.43. The van der Waals surface area contributed by atoms with Crippen LogP contribution in [0.4, 0.5) is 0 Å². The molecular formula is C24H38N2O2S2. The highest BCUT2D eigenvalue weighted by atomic mass is 32.2. The maximum atomic E-state index is 13.0. The Bertz CT molecular complexity index is 592. The highest BCUT2D eigenvalue weighted by Gasteiger charge is 2.58. The van der Waals surface area contributed by atoms with Crippen molar-refractivity contribution in [3.8, 4) is 0 Å². The van der Waals surface area contributed by atoms with E-state index in [0.717, 1.165) is 43.9 Å². The number of hydrogen-bond donors (Lipinski definition) is 2. The molecule has 0 unspecified atom stereocenters. The van der Waals surface area contributed by atoms with Crippen LogP contribution in [0.1, 0.15) is 77.0 Å². The van der Waals surface area contributed by atoms with Crippen molar-refractivity contribution in [3.63, 3.8) is 0 Å². The molecule has 2 amide bonds. The van der Waals surface area contributed by atoms with Gasteiger partial charge in [-0.2, -0.15) is 23.5 Å². The van der Waals surface area contributed by atoms with E-state index in [-0.39, 0.29) is 22.6 Å². The number of hydrogen-bond acceptors (Lipinski definition) is 4. The van der Waals surface area contributed by atoms with Crippen LogP contribution in [0.5, 0.6) is 0 Å². The van der Waals surface area contributed by atoms with E-state index in [0.29, 0.717) is 24.9 Å². The van der Waals surface area contributed by atoms with E-state index in [1.54, 1.807) is 0 Å². The van der Waals surface area contributed by atoms with Gasteiger partial charge in [-0.1, -0.05) is 0 Å². The van der Waals surface area contributed by atoms with Crippen molar-refractivity contribution in [1.29, 1.82) is 0 Å². The largest absolute Gasteiger partial charge is 0.353 e. The molecule has 2 N–H and O–H groups in total. The van der Waals surface area contributed by atoms with E-state index < -0.39 is 0 Å². The van der Waals surface area contributed by atoms with Gasteiger partial charge >= 0.3 is 0 Å². The number of rotatable bonds is 6. The number of thioether (sulfide) groups is 2. The molecule has 0 atom stereocenters. The molecule has 4 nitrogen and oxygen atoms in total. The summed E-state index contributed by atoms with van der Waals surface area (Å²) in [6.07, 6.45) is 13.2. The highest BCUT2D eigenvalue weighted by Crippen LogP contribution is 2.67. The topological polar surface area (TPSA) is 58.2 Å². The van der Waals surface area contributed by atoms with Gasteiger partial charge in [0.05, 0.1) is 0 Å². The SMILES string of the molecule is O=C(CC12CC3CC(C1)CC(CC(=O)NC1CCSCC1)(C3)C2)NC1CCSCC1. The molecule has 4 bridgehead atoms. The minimum Gasteiger partial charge on any atom is -0.353 e. The molecule has 0 spiro atoms. The average Bonchev–Trinajstić information content (AvgIpc) is 2.67. The Morgan fingerprint density at radius 3 is 1.50 bits per heavy atom. The first-order chi connectivity index (χ1) is 14.5. The Morgan fingerprint density at radius 2 is 1.10 bits per heavy atom. The van der Waals surface area contributed by atoms with Crippen LogP contribution in [0, 0.1) is 22.7 Å². The van der Waals surface area contributed by atoms with E-state index in [4.69, 9.17) is 0 Å². The lowest BCUT2D eigenvalue weighted by molar-refractivity contribution is -0.146. The number of amides is 2. The van der Waals surface area contributed by atoms with E-state index in [1.165, 1.54) is 55.1 Å². The Balaban J connectivity index is 1.21. The molecule has 30 heavy (non-hydrogen) atoms. The summed E-state index contributed by atoms with van der Waals surface area (Å²) < 4.78 is 0. The molecule has 6 heteroatoms. The number of carbonyl (C=O) groups is 2. The zero-order valence-corrected chi connectivity index (χ0v) is 19.9. The molecule has 0 aromatic heterocycles. The molecule has 6 fully saturated rings. The van der Waals surface area contributed by atoms with Gasteiger partial charge in [-0.3, -0.25) is 9.59 Å². The third-order valence-electron chi connectivity index (χ3n) is 8.55. The normalized spacial score (nSPS) is 39.1. The molecule has 0 radical (unpaired) electrons. The molecule has 6 rings (SSSR count). The molecule has 2 aliphatic heterocycles. The van der Waals surface area contributed by atoms with Crippen molar-refractivity contribution in [2.45, 2.75) is 89.1 Å². The van der Waals surface area contributed by atoms with Gasteiger partial charge in [-0.05, 0) is 110 Å². The Labute approximate surface area is 190 Å². The van der Waals surface area contributed by atoms with E-state index in [9.17, 15) is 9.59 Å². The summed E-state index contributed by atoms with van der Waals surface area (Å²) in [6.45, 7) is 0. The molecular weight excluding hydrogens is 412 g/mol. The molecule has 0 aromatic carbocycles. The minimum absolute atomic E-state index is 0.166. The second-order valence-corrected chi connectivity index (χ2v) is 13.7. The Hall–Kier alpha value is -0.360. The predicted molar refractivity (Wildman–Crippen MR) is 126 cm³/mol. The zero-order chi connectivity index (χ0) is 20.6. The minimum atomic E-state index is 0.166. The van der Waals surface area contributed by atoms with Crippen LogP contribution >= 0.6 is 23.5 Å². The quantitative estimate of drug-likeness (QED) is 0.631. The third kappa shape index (κ3) is 4.84. The first-order valence-electron chi connectivity index (χ1n) is 12.3. The van der Waals surface area contributed by atoms with E-state index >= 15 is 0 Å². The van der Waals surface area contributed by atoms with Gasteiger partial charge < -0.3 is 10.6 Å². The summed E-state index contributed by atoms with van der Waals surface area (Å²) in [5.74, 6) is 6.77. The van der Waals surface area contributed by atoms with Gasteiger partial charge in [0.1, 0.15) is 0 Å². The summed E-state index contributed by atoms with van der Waals surface area (Å²) in [7, 11) is 0. The molecule has 2 saturated heterocycles. The Morgan fingerprint density at radius 1 is 0.700 bits per heavy atom. The Kier molecular flexibility index (Phi) is 6.36. The van der Waals surface area contributed by atoms with Gasteiger partial charge in [0.2, 0.25) is 11.8 Å². The molecule has 4 saturated carbocycles. The fraction of sp³-hybridized carbons (Fsp3) is 0.917. The van der Waals surface area contributed by atoms with Gasteiger partial charge in [-0.25, -0.2) is 0 Å². The maximum Gasteiger partial charge on any atom is 0.220 e. The summed E-state index contributed by atoms with van der Waals surface area (Å²) >= 11 is 4.02. The molecule has 6 aliphatic rings. The van der Waals surface area contributed by atoms with E-state index in [2.05, 4.69) is 10.6 Å². The van der Waals surface area contributed by atoms with Gasteiger partial charge in [0.15, 0.2) is 0 Å². The number of nitrogens with one attached hydrogen (secondary N) is 2. The highest BCUT2D eigenvalue weighted by molar-refractivity contribution is 7.99.